The number of nitrogens with zero attached hydrogens (tertiary/aromatic N) is 2. The Hall–Kier alpha value is -2.30. The summed E-state index contributed by atoms with van der Waals surface area (Å²) in [5.41, 5.74) is 2.24. The van der Waals surface area contributed by atoms with E-state index in [1.807, 2.05) is 19.1 Å². The Morgan fingerprint density at radius 2 is 1.65 bits per heavy atom. The zero-order chi connectivity index (χ0) is 14.5. The van der Waals surface area contributed by atoms with Crippen LogP contribution in [0, 0.1) is 6.92 Å². The number of aromatic nitrogens is 2. The lowest BCUT2D eigenvalue weighted by molar-refractivity contribution is 0.354. The summed E-state index contributed by atoms with van der Waals surface area (Å²) in [6, 6.07) is 5.81. The summed E-state index contributed by atoms with van der Waals surface area (Å²) in [5, 5.41) is 3.27. The second-order valence-electron chi connectivity index (χ2n) is 4.50. The van der Waals surface area contributed by atoms with Gasteiger partial charge >= 0.3 is 0 Å². The number of benzene rings is 1. The molecule has 5 nitrogen and oxygen atoms in total. The SMILES string of the molecule is COc1cc(C)c([C@@H](C)Nc2ncccn2)cc1OC. The summed E-state index contributed by atoms with van der Waals surface area (Å²) in [5.74, 6) is 2.06. The molecule has 0 aliphatic carbocycles. The van der Waals surface area contributed by atoms with Crippen LogP contribution in [0.2, 0.25) is 0 Å². The average Bonchev–Trinajstić information content (AvgIpc) is 2.47. The van der Waals surface area contributed by atoms with E-state index in [0.717, 1.165) is 22.6 Å². The molecule has 1 heterocycles. The number of anilines is 1. The Morgan fingerprint density at radius 3 is 2.25 bits per heavy atom. The van der Waals surface area contributed by atoms with Crippen molar-refractivity contribution >= 4 is 5.95 Å². The summed E-state index contributed by atoms with van der Waals surface area (Å²) in [6.45, 7) is 4.10. The molecule has 1 atom stereocenters. The molecule has 1 aromatic carbocycles. The molecular formula is C15H19N3O2. The molecule has 0 saturated heterocycles. The van der Waals surface area contributed by atoms with Gasteiger partial charge in [-0.3, -0.25) is 0 Å². The largest absolute Gasteiger partial charge is 0.493 e. The number of hydrogen-bond donors (Lipinski definition) is 1. The minimum atomic E-state index is 0.0669. The van der Waals surface area contributed by atoms with Crippen LogP contribution in [0.15, 0.2) is 30.6 Å². The Labute approximate surface area is 119 Å². The van der Waals surface area contributed by atoms with Crippen molar-refractivity contribution < 1.29 is 9.47 Å². The Bertz CT molecular complexity index is 573. The van der Waals surface area contributed by atoms with E-state index in [1.54, 1.807) is 32.7 Å². The van der Waals surface area contributed by atoms with E-state index >= 15 is 0 Å². The van der Waals surface area contributed by atoms with Gasteiger partial charge in [-0.2, -0.15) is 0 Å². The predicted octanol–water partition coefficient (Wildman–Crippen LogP) is 2.98. The van der Waals surface area contributed by atoms with Crippen molar-refractivity contribution in [3.63, 3.8) is 0 Å². The quantitative estimate of drug-likeness (QED) is 0.907. The monoisotopic (exact) mass is 273 g/mol. The lowest BCUT2D eigenvalue weighted by atomic mass is 10.0. The molecule has 0 fully saturated rings. The highest BCUT2D eigenvalue weighted by molar-refractivity contribution is 5.49. The van der Waals surface area contributed by atoms with Crippen LogP contribution >= 0.6 is 0 Å². The summed E-state index contributed by atoms with van der Waals surface area (Å²) in [6.07, 6.45) is 3.42. The van der Waals surface area contributed by atoms with Gasteiger partial charge in [0.1, 0.15) is 0 Å². The van der Waals surface area contributed by atoms with Crippen molar-refractivity contribution in [1.82, 2.24) is 9.97 Å². The molecule has 0 aliphatic heterocycles. The van der Waals surface area contributed by atoms with Crippen molar-refractivity contribution in [3.8, 4) is 11.5 Å². The average molecular weight is 273 g/mol. The second kappa shape index (κ2) is 6.23. The van der Waals surface area contributed by atoms with Crippen LogP contribution in [-0.4, -0.2) is 24.2 Å². The number of methoxy groups -OCH3 is 2. The van der Waals surface area contributed by atoms with Gasteiger partial charge in [-0.1, -0.05) is 0 Å². The summed E-state index contributed by atoms with van der Waals surface area (Å²) in [7, 11) is 3.27. The lowest BCUT2D eigenvalue weighted by Crippen LogP contribution is -2.11. The Kier molecular flexibility index (Phi) is 4.40. The molecule has 0 saturated carbocycles. The highest BCUT2D eigenvalue weighted by Gasteiger charge is 2.14. The van der Waals surface area contributed by atoms with Gasteiger partial charge < -0.3 is 14.8 Å². The van der Waals surface area contributed by atoms with Crippen LogP contribution in [0.3, 0.4) is 0 Å². The molecule has 5 heteroatoms. The van der Waals surface area contributed by atoms with E-state index in [9.17, 15) is 0 Å². The van der Waals surface area contributed by atoms with E-state index in [0.29, 0.717) is 5.95 Å². The van der Waals surface area contributed by atoms with Gasteiger partial charge in [0, 0.05) is 12.4 Å². The highest BCUT2D eigenvalue weighted by Crippen LogP contribution is 2.33. The number of hydrogen-bond acceptors (Lipinski definition) is 5. The minimum Gasteiger partial charge on any atom is -0.493 e. The first-order chi connectivity index (χ1) is 9.65. The fourth-order valence-corrected chi connectivity index (χ4v) is 2.11. The van der Waals surface area contributed by atoms with Crippen LogP contribution in [0.25, 0.3) is 0 Å². The van der Waals surface area contributed by atoms with E-state index < -0.39 is 0 Å². The maximum Gasteiger partial charge on any atom is 0.223 e. The number of ether oxygens (including phenoxy) is 2. The molecule has 106 valence electrons. The highest BCUT2D eigenvalue weighted by atomic mass is 16.5. The topological polar surface area (TPSA) is 56.3 Å². The van der Waals surface area contributed by atoms with Gasteiger partial charge in [-0.05, 0) is 43.2 Å². The fourth-order valence-electron chi connectivity index (χ4n) is 2.11. The molecule has 2 aromatic rings. The van der Waals surface area contributed by atoms with Crippen LogP contribution in [-0.2, 0) is 0 Å². The summed E-state index contributed by atoms with van der Waals surface area (Å²) in [4.78, 5) is 8.34. The first-order valence-corrected chi connectivity index (χ1v) is 6.41. The predicted molar refractivity (Wildman–Crippen MR) is 78.4 cm³/mol. The normalized spacial score (nSPS) is 11.8. The van der Waals surface area contributed by atoms with Crippen molar-refractivity contribution in [2.45, 2.75) is 19.9 Å². The molecule has 20 heavy (non-hydrogen) atoms. The van der Waals surface area contributed by atoms with E-state index in [1.165, 1.54) is 0 Å². The molecule has 1 N–H and O–H groups in total. The maximum atomic E-state index is 5.35. The van der Waals surface area contributed by atoms with Crippen molar-refractivity contribution in [2.24, 2.45) is 0 Å². The van der Waals surface area contributed by atoms with Crippen LogP contribution in [0.4, 0.5) is 5.95 Å². The van der Waals surface area contributed by atoms with E-state index in [2.05, 4.69) is 22.2 Å². The third kappa shape index (κ3) is 2.99. The molecule has 0 amide bonds. The smallest absolute Gasteiger partial charge is 0.223 e. The second-order valence-corrected chi connectivity index (χ2v) is 4.50. The van der Waals surface area contributed by atoms with Gasteiger partial charge in [-0.25, -0.2) is 9.97 Å². The van der Waals surface area contributed by atoms with Gasteiger partial charge in [0.15, 0.2) is 11.5 Å². The Morgan fingerprint density at radius 1 is 1.05 bits per heavy atom. The maximum absolute atomic E-state index is 5.35. The molecule has 0 aliphatic rings. The zero-order valence-corrected chi connectivity index (χ0v) is 12.2. The Balaban J connectivity index is 2.27. The molecule has 0 spiro atoms. The van der Waals surface area contributed by atoms with Crippen molar-refractivity contribution in [2.75, 3.05) is 19.5 Å². The van der Waals surface area contributed by atoms with Gasteiger partial charge in [0.2, 0.25) is 5.95 Å². The minimum absolute atomic E-state index is 0.0669. The van der Waals surface area contributed by atoms with Gasteiger partial charge in [0.25, 0.3) is 0 Å². The van der Waals surface area contributed by atoms with Gasteiger partial charge in [-0.15, -0.1) is 0 Å². The van der Waals surface area contributed by atoms with Crippen LogP contribution in [0.5, 0.6) is 11.5 Å². The molecular weight excluding hydrogens is 254 g/mol. The third-order valence-corrected chi connectivity index (χ3v) is 3.15. The third-order valence-electron chi connectivity index (χ3n) is 3.15. The first kappa shape index (κ1) is 14.1. The van der Waals surface area contributed by atoms with Crippen LogP contribution < -0.4 is 14.8 Å². The van der Waals surface area contributed by atoms with E-state index in [-0.39, 0.29) is 6.04 Å². The lowest BCUT2D eigenvalue weighted by Gasteiger charge is -2.19. The van der Waals surface area contributed by atoms with Crippen LogP contribution in [0.1, 0.15) is 24.1 Å². The summed E-state index contributed by atoms with van der Waals surface area (Å²) >= 11 is 0. The molecule has 1 aromatic heterocycles. The van der Waals surface area contributed by atoms with Crippen molar-refractivity contribution in [1.29, 1.82) is 0 Å². The first-order valence-electron chi connectivity index (χ1n) is 6.41. The number of aryl methyl sites for hydroxylation is 1. The molecule has 0 radical (unpaired) electrons. The standard InChI is InChI=1S/C15H19N3O2/c1-10-8-13(19-3)14(20-4)9-12(10)11(2)18-15-16-6-5-7-17-15/h5-9,11H,1-4H3,(H,16,17,18)/t11-/m1/s1. The molecule has 0 bridgehead atoms. The molecule has 2 rings (SSSR count). The van der Waals surface area contributed by atoms with Crippen molar-refractivity contribution in [3.05, 3.63) is 41.7 Å². The number of nitrogens with one attached hydrogen (secondary N) is 1. The summed E-state index contributed by atoms with van der Waals surface area (Å²) < 4.78 is 10.6. The molecule has 0 unspecified atom stereocenters. The zero-order valence-electron chi connectivity index (χ0n) is 12.2. The van der Waals surface area contributed by atoms with E-state index in [4.69, 9.17) is 9.47 Å². The van der Waals surface area contributed by atoms with Gasteiger partial charge in [0.05, 0.1) is 20.3 Å². The number of rotatable bonds is 5. The fraction of sp³-hybridized carbons (Fsp3) is 0.333.